The second-order valence-electron chi connectivity index (χ2n) is 4.59. The van der Waals surface area contributed by atoms with Crippen molar-refractivity contribution >= 4 is 39.4 Å². The van der Waals surface area contributed by atoms with E-state index in [2.05, 4.69) is 10.2 Å². The summed E-state index contributed by atoms with van der Waals surface area (Å²) in [5.41, 5.74) is 1.12. The van der Waals surface area contributed by atoms with E-state index in [-0.39, 0.29) is 5.69 Å². The lowest BCUT2D eigenvalue weighted by molar-refractivity contribution is -0.384. The van der Waals surface area contributed by atoms with Crippen LogP contribution in [0.1, 0.15) is 0 Å². The van der Waals surface area contributed by atoms with Crippen LogP contribution in [0.3, 0.4) is 0 Å². The van der Waals surface area contributed by atoms with Gasteiger partial charge in [-0.25, -0.2) is 0 Å². The van der Waals surface area contributed by atoms with E-state index in [0.717, 1.165) is 10.8 Å². The molecule has 0 spiro atoms. The number of hydrogen-bond acceptors (Lipinski definition) is 4. The minimum Gasteiger partial charge on any atom is -0.258 e. The molecule has 0 aliphatic heterocycles. The van der Waals surface area contributed by atoms with Gasteiger partial charge in [-0.1, -0.05) is 41.9 Å². The maximum absolute atomic E-state index is 10.6. The lowest BCUT2D eigenvalue weighted by Gasteiger charge is -2.03. The van der Waals surface area contributed by atoms with Crippen molar-refractivity contribution in [1.29, 1.82) is 0 Å². The van der Waals surface area contributed by atoms with Gasteiger partial charge in [-0.15, -0.1) is 5.11 Å². The van der Waals surface area contributed by atoms with Gasteiger partial charge in [0.25, 0.3) is 5.69 Å². The Labute approximate surface area is 131 Å². The molecule has 3 aromatic rings. The Bertz CT molecular complexity index is 876. The molecule has 5 nitrogen and oxygen atoms in total. The van der Waals surface area contributed by atoms with Crippen molar-refractivity contribution in [2.45, 2.75) is 0 Å². The van der Waals surface area contributed by atoms with E-state index in [9.17, 15) is 10.1 Å². The van der Waals surface area contributed by atoms with Gasteiger partial charge in [0.15, 0.2) is 0 Å². The molecule has 0 aromatic heterocycles. The van der Waals surface area contributed by atoms with Crippen LogP contribution in [-0.4, -0.2) is 4.92 Å². The van der Waals surface area contributed by atoms with Crippen molar-refractivity contribution in [3.8, 4) is 0 Å². The van der Waals surface area contributed by atoms with Gasteiger partial charge < -0.3 is 0 Å². The maximum Gasteiger partial charge on any atom is 0.269 e. The molecule has 0 heterocycles. The Kier molecular flexibility index (Phi) is 3.80. The topological polar surface area (TPSA) is 67.9 Å². The molecule has 0 atom stereocenters. The molecule has 0 radical (unpaired) electrons. The first-order valence-corrected chi connectivity index (χ1v) is 6.86. The quantitative estimate of drug-likeness (QED) is 0.347. The number of halogens is 1. The maximum atomic E-state index is 10.6. The smallest absolute Gasteiger partial charge is 0.258 e. The third kappa shape index (κ3) is 2.80. The van der Waals surface area contributed by atoms with Crippen LogP contribution in [-0.2, 0) is 0 Å². The summed E-state index contributed by atoms with van der Waals surface area (Å²) in [6.07, 6.45) is 0. The summed E-state index contributed by atoms with van der Waals surface area (Å²) >= 11 is 6.19. The van der Waals surface area contributed by atoms with Gasteiger partial charge >= 0.3 is 0 Å². The molecule has 0 aliphatic rings. The van der Waals surface area contributed by atoms with Crippen molar-refractivity contribution < 1.29 is 4.92 Å². The monoisotopic (exact) mass is 311 g/mol. The second-order valence-corrected chi connectivity index (χ2v) is 5.00. The highest BCUT2D eigenvalue weighted by Gasteiger charge is 2.06. The molecule has 22 heavy (non-hydrogen) atoms. The molecule has 108 valence electrons. The fourth-order valence-corrected chi connectivity index (χ4v) is 2.28. The zero-order valence-corrected chi connectivity index (χ0v) is 12.1. The Hall–Kier alpha value is -2.79. The average molecular weight is 312 g/mol. The SMILES string of the molecule is O=[N+]([O-])c1ccc(N=Nc2c(Cl)ccc3ccccc23)cc1. The van der Waals surface area contributed by atoms with E-state index in [0.29, 0.717) is 16.4 Å². The first-order valence-electron chi connectivity index (χ1n) is 6.48. The summed E-state index contributed by atoms with van der Waals surface area (Å²) in [7, 11) is 0. The normalized spacial score (nSPS) is 11.1. The highest BCUT2D eigenvalue weighted by atomic mass is 35.5. The van der Waals surface area contributed by atoms with E-state index in [1.165, 1.54) is 12.1 Å². The Balaban J connectivity index is 1.98. The third-order valence-electron chi connectivity index (χ3n) is 3.18. The lowest BCUT2D eigenvalue weighted by Crippen LogP contribution is -1.85. The summed E-state index contributed by atoms with van der Waals surface area (Å²) in [5.74, 6) is 0. The summed E-state index contributed by atoms with van der Waals surface area (Å²) in [5, 5.41) is 21.3. The van der Waals surface area contributed by atoms with Crippen LogP contribution in [0.25, 0.3) is 10.8 Å². The molecule has 3 rings (SSSR count). The number of benzene rings is 3. The van der Waals surface area contributed by atoms with Gasteiger partial charge in [-0.05, 0) is 23.6 Å². The highest BCUT2D eigenvalue weighted by molar-refractivity contribution is 6.34. The van der Waals surface area contributed by atoms with E-state index in [1.807, 2.05) is 30.3 Å². The molecule has 6 heteroatoms. The van der Waals surface area contributed by atoms with Crippen molar-refractivity contribution in [3.63, 3.8) is 0 Å². The minimum absolute atomic E-state index is 0.0159. The first-order chi connectivity index (χ1) is 10.6. The van der Waals surface area contributed by atoms with Crippen molar-refractivity contribution in [1.82, 2.24) is 0 Å². The van der Waals surface area contributed by atoms with Crippen LogP contribution in [0, 0.1) is 10.1 Å². The summed E-state index contributed by atoms with van der Waals surface area (Å²) in [6.45, 7) is 0. The largest absolute Gasteiger partial charge is 0.269 e. The number of azo groups is 1. The zero-order valence-electron chi connectivity index (χ0n) is 11.3. The summed E-state index contributed by atoms with van der Waals surface area (Å²) < 4.78 is 0. The number of fused-ring (bicyclic) bond motifs is 1. The number of nitro benzene ring substituents is 1. The van der Waals surface area contributed by atoms with Gasteiger partial charge in [0.1, 0.15) is 5.69 Å². The zero-order chi connectivity index (χ0) is 15.5. The molecular formula is C16H10ClN3O2. The molecule has 3 aromatic carbocycles. The number of nitro groups is 1. The van der Waals surface area contributed by atoms with Gasteiger partial charge in [0.2, 0.25) is 0 Å². The van der Waals surface area contributed by atoms with Crippen molar-refractivity contribution in [3.05, 3.63) is 75.8 Å². The first kappa shape index (κ1) is 14.2. The predicted molar refractivity (Wildman–Crippen MR) is 86.2 cm³/mol. The van der Waals surface area contributed by atoms with Gasteiger partial charge in [-0.3, -0.25) is 10.1 Å². The van der Waals surface area contributed by atoms with Gasteiger partial charge in [-0.2, -0.15) is 5.11 Å². The number of nitrogens with zero attached hydrogens (tertiary/aromatic N) is 3. The number of hydrogen-bond donors (Lipinski definition) is 0. The van der Waals surface area contributed by atoms with E-state index in [1.54, 1.807) is 18.2 Å². The molecule has 0 bridgehead atoms. The van der Waals surface area contributed by atoms with Crippen LogP contribution in [0.5, 0.6) is 0 Å². The fourth-order valence-electron chi connectivity index (χ4n) is 2.08. The molecule has 0 amide bonds. The van der Waals surface area contributed by atoms with E-state index < -0.39 is 4.92 Å². The van der Waals surface area contributed by atoms with E-state index >= 15 is 0 Å². The van der Waals surface area contributed by atoms with Crippen LogP contribution in [0.2, 0.25) is 5.02 Å². The number of rotatable bonds is 3. The highest BCUT2D eigenvalue weighted by Crippen LogP contribution is 2.34. The van der Waals surface area contributed by atoms with Crippen molar-refractivity contribution in [2.75, 3.05) is 0 Å². The van der Waals surface area contributed by atoms with Crippen LogP contribution in [0.4, 0.5) is 17.1 Å². The molecule has 0 N–H and O–H groups in total. The standard InChI is InChI=1S/C16H10ClN3O2/c17-15-10-5-11-3-1-2-4-14(11)16(15)19-18-12-6-8-13(9-7-12)20(21)22/h1-10H. The molecule has 0 saturated carbocycles. The average Bonchev–Trinajstić information content (AvgIpc) is 2.54. The molecule has 0 unspecified atom stereocenters. The lowest BCUT2D eigenvalue weighted by atomic mass is 10.1. The van der Waals surface area contributed by atoms with Crippen LogP contribution < -0.4 is 0 Å². The minimum atomic E-state index is -0.456. The molecule has 0 saturated heterocycles. The van der Waals surface area contributed by atoms with Gasteiger partial charge in [0.05, 0.1) is 15.6 Å². The van der Waals surface area contributed by atoms with Crippen LogP contribution in [0.15, 0.2) is 70.9 Å². The summed E-state index contributed by atoms with van der Waals surface area (Å²) in [4.78, 5) is 10.2. The van der Waals surface area contributed by atoms with Crippen LogP contribution >= 0.6 is 11.6 Å². The Morgan fingerprint density at radius 2 is 1.64 bits per heavy atom. The molecule has 0 fully saturated rings. The second kappa shape index (κ2) is 5.91. The van der Waals surface area contributed by atoms with E-state index in [4.69, 9.17) is 11.6 Å². The Morgan fingerprint density at radius 1 is 0.909 bits per heavy atom. The third-order valence-corrected chi connectivity index (χ3v) is 3.48. The summed E-state index contributed by atoms with van der Waals surface area (Å²) in [6, 6.07) is 17.3. The number of non-ortho nitro benzene ring substituents is 1. The molecule has 0 aliphatic carbocycles. The Morgan fingerprint density at radius 3 is 2.36 bits per heavy atom. The van der Waals surface area contributed by atoms with Crippen molar-refractivity contribution in [2.24, 2.45) is 10.2 Å². The van der Waals surface area contributed by atoms with Gasteiger partial charge in [0, 0.05) is 17.5 Å². The predicted octanol–water partition coefficient (Wildman–Crippen LogP) is 5.82. The fraction of sp³-hybridized carbons (Fsp3) is 0. The molecular weight excluding hydrogens is 302 g/mol.